The molecule has 0 fully saturated rings. The average Bonchev–Trinajstić information content (AvgIpc) is 2.78. The lowest BCUT2D eigenvalue weighted by molar-refractivity contribution is -0.384. The van der Waals surface area contributed by atoms with E-state index in [2.05, 4.69) is 21.2 Å². The van der Waals surface area contributed by atoms with Crippen LogP contribution in [0.2, 0.25) is 0 Å². The molecule has 0 bridgehead atoms. The van der Waals surface area contributed by atoms with E-state index in [0.29, 0.717) is 17.9 Å². The van der Waals surface area contributed by atoms with Crippen molar-refractivity contribution in [3.63, 3.8) is 0 Å². The zero-order valence-corrected chi connectivity index (χ0v) is 17.7. The quantitative estimate of drug-likeness (QED) is 0.210. The van der Waals surface area contributed by atoms with E-state index in [1.807, 2.05) is 30.3 Å². The third-order valence-corrected chi connectivity index (χ3v) is 4.72. The summed E-state index contributed by atoms with van der Waals surface area (Å²) in [5, 5.41) is 22.7. The summed E-state index contributed by atoms with van der Waals surface area (Å²) >= 11 is 3.39. The molecule has 0 aliphatic rings. The Labute approximate surface area is 186 Å². The third kappa shape index (κ3) is 6.26. The molecular weight excluding hydrogens is 462 g/mol. The number of hydrogen-bond acceptors (Lipinski definition) is 5. The highest BCUT2D eigenvalue weighted by Gasteiger charge is 2.12. The van der Waals surface area contributed by atoms with Gasteiger partial charge in [-0.25, -0.2) is 0 Å². The zero-order chi connectivity index (χ0) is 22.2. The SMILES string of the molecule is N#C/C(=C\c1ccc(OCc2ccc(Br)cc2)cc1)C(=O)Nc1cccc([N+](=O)[O-])c1. The molecule has 3 aromatic rings. The second-order valence-corrected chi connectivity index (χ2v) is 7.33. The minimum atomic E-state index is -0.654. The largest absolute Gasteiger partial charge is 0.489 e. The molecule has 0 aromatic heterocycles. The molecule has 7 nitrogen and oxygen atoms in total. The number of carbonyl (C=O) groups is 1. The molecule has 8 heteroatoms. The van der Waals surface area contributed by atoms with Crippen molar-refractivity contribution in [1.29, 1.82) is 5.26 Å². The second-order valence-electron chi connectivity index (χ2n) is 6.42. The van der Waals surface area contributed by atoms with Crippen molar-refractivity contribution >= 4 is 39.3 Å². The Hall–Kier alpha value is -3.96. The van der Waals surface area contributed by atoms with Gasteiger partial charge in [0.15, 0.2) is 0 Å². The Bertz CT molecular complexity index is 1170. The summed E-state index contributed by atoms with van der Waals surface area (Å²) in [6.07, 6.45) is 1.44. The van der Waals surface area contributed by atoms with E-state index in [9.17, 15) is 20.2 Å². The summed E-state index contributed by atoms with van der Waals surface area (Å²) in [4.78, 5) is 22.7. The molecular formula is C23H16BrN3O4. The molecule has 0 unspecified atom stereocenters. The molecule has 1 N–H and O–H groups in total. The molecule has 1 amide bonds. The molecule has 0 saturated carbocycles. The Balaban J connectivity index is 1.65. The van der Waals surface area contributed by atoms with Gasteiger partial charge in [0.2, 0.25) is 0 Å². The first kappa shape index (κ1) is 21.7. The standard InChI is InChI=1S/C23H16BrN3O4/c24-19-8-4-17(5-9-19)15-31-22-10-6-16(7-11-22)12-18(14-25)23(28)26-20-2-1-3-21(13-20)27(29)30/h1-13H,15H2,(H,26,28)/b18-12+. The fourth-order valence-corrected chi connectivity index (χ4v) is 2.88. The first-order valence-electron chi connectivity index (χ1n) is 9.09. The predicted octanol–water partition coefficient (Wildman–Crippen LogP) is 5.48. The number of carbonyl (C=O) groups excluding carboxylic acids is 1. The van der Waals surface area contributed by atoms with Gasteiger partial charge in [-0.15, -0.1) is 0 Å². The van der Waals surface area contributed by atoms with Crippen LogP contribution in [0.15, 0.2) is 82.8 Å². The van der Waals surface area contributed by atoms with E-state index in [4.69, 9.17) is 4.74 Å². The normalized spacial score (nSPS) is 10.8. The van der Waals surface area contributed by atoms with Crippen LogP contribution >= 0.6 is 15.9 Å². The molecule has 0 aliphatic heterocycles. The first-order valence-corrected chi connectivity index (χ1v) is 9.89. The lowest BCUT2D eigenvalue weighted by atomic mass is 10.1. The maximum atomic E-state index is 12.4. The number of nitriles is 1. The number of amides is 1. The molecule has 0 aliphatic carbocycles. The smallest absolute Gasteiger partial charge is 0.271 e. The number of nitrogens with one attached hydrogen (secondary N) is 1. The number of anilines is 1. The van der Waals surface area contributed by atoms with Crippen LogP contribution in [0.5, 0.6) is 5.75 Å². The Morgan fingerprint density at radius 2 is 1.84 bits per heavy atom. The first-order chi connectivity index (χ1) is 14.9. The number of non-ortho nitro benzene ring substituents is 1. The number of rotatable bonds is 7. The van der Waals surface area contributed by atoms with Crippen molar-refractivity contribution in [2.24, 2.45) is 0 Å². The maximum absolute atomic E-state index is 12.4. The molecule has 31 heavy (non-hydrogen) atoms. The number of nitro groups is 1. The number of benzene rings is 3. The van der Waals surface area contributed by atoms with Gasteiger partial charge in [0.1, 0.15) is 24.0 Å². The van der Waals surface area contributed by atoms with Crippen molar-refractivity contribution in [1.82, 2.24) is 0 Å². The molecule has 0 radical (unpaired) electrons. The zero-order valence-electron chi connectivity index (χ0n) is 16.1. The van der Waals surface area contributed by atoms with E-state index in [0.717, 1.165) is 10.0 Å². The van der Waals surface area contributed by atoms with Gasteiger partial charge in [-0.05, 0) is 47.5 Å². The van der Waals surface area contributed by atoms with Crippen molar-refractivity contribution < 1.29 is 14.5 Å². The van der Waals surface area contributed by atoms with Gasteiger partial charge in [-0.1, -0.05) is 46.3 Å². The monoisotopic (exact) mass is 477 g/mol. The fraction of sp³-hybridized carbons (Fsp3) is 0.0435. The Morgan fingerprint density at radius 3 is 2.48 bits per heavy atom. The molecule has 3 rings (SSSR count). The van der Waals surface area contributed by atoms with Crippen LogP contribution in [0.1, 0.15) is 11.1 Å². The van der Waals surface area contributed by atoms with E-state index in [-0.39, 0.29) is 16.9 Å². The molecule has 0 heterocycles. The van der Waals surface area contributed by atoms with Gasteiger partial charge >= 0.3 is 0 Å². The van der Waals surface area contributed by atoms with Crippen LogP contribution in [-0.4, -0.2) is 10.8 Å². The summed E-state index contributed by atoms with van der Waals surface area (Å²) in [7, 11) is 0. The number of nitro benzene ring substituents is 1. The van der Waals surface area contributed by atoms with Crippen LogP contribution in [0.4, 0.5) is 11.4 Å². The summed E-state index contributed by atoms with van der Waals surface area (Å²) in [5.74, 6) is -0.00168. The number of ether oxygens (including phenoxy) is 1. The van der Waals surface area contributed by atoms with Gasteiger partial charge in [-0.3, -0.25) is 14.9 Å². The summed E-state index contributed by atoms with van der Waals surface area (Å²) in [6.45, 7) is 0.414. The van der Waals surface area contributed by atoms with Crippen LogP contribution < -0.4 is 10.1 Å². The molecule has 0 spiro atoms. The van der Waals surface area contributed by atoms with Gasteiger partial charge in [-0.2, -0.15) is 5.26 Å². The van der Waals surface area contributed by atoms with Crippen LogP contribution in [0.25, 0.3) is 6.08 Å². The van der Waals surface area contributed by atoms with E-state index < -0.39 is 10.8 Å². The van der Waals surface area contributed by atoms with E-state index in [1.54, 1.807) is 24.3 Å². The summed E-state index contributed by atoms with van der Waals surface area (Å²) in [5.41, 5.74) is 1.62. The molecule has 0 saturated heterocycles. The Kier molecular flexibility index (Phi) is 7.14. The Morgan fingerprint density at radius 1 is 1.13 bits per heavy atom. The van der Waals surface area contributed by atoms with Crippen molar-refractivity contribution in [3.05, 3.63) is 104 Å². The van der Waals surface area contributed by atoms with E-state index in [1.165, 1.54) is 30.3 Å². The highest BCUT2D eigenvalue weighted by Crippen LogP contribution is 2.20. The van der Waals surface area contributed by atoms with E-state index >= 15 is 0 Å². The highest BCUT2D eigenvalue weighted by atomic mass is 79.9. The van der Waals surface area contributed by atoms with Crippen LogP contribution in [0, 0.1) is 21.4 Å². The van der Waals surface area contributed by atoms with Crippen LogP contribution in [-0.2, 0) is 11.4 Å². The predicted molar refractivity (Wildman–Crippen MR) is 120 cm³/mol. The lowest BCUT2D eigenvalue weighted by Gasteiger charge is -2.07. The van der Waals surface area contributed by atoms with Gasteiger partial charge in [0.25, 0.3) is 11.6 Å². The van der Waals surface area contributed by atoms with Crippen LogP contribution in [0.3, 0.4) is 0 Å². The van der Waals surface area contributed by atoms with Crippen molar-refractivity contribution in [2.45, 2.75) is 6.61 Å². The van der Waals surface area contributed by atoms with Gasteiger partial charge < -0.3 is 10.1 Å². The highest BCUT2D eigenvalue weighted by molar-refractivity contribution is 9.10. The average molecular weight is 478 g/mol. The topological polar surface area (TPSA) is 105 Å². The number of hydrogen-bond donors (Lipinski definition) is 1. The fourth-order valence-electron chi connectivity index (χ4n) is 2.62. The van der Waals surface area contributed by atoms with Crippen molar-refractivity contribution in [3.8, 4) is 11.8 Å². The minimum Gasteiger partial charge on any atom is -0.489 e. The second kappa shape index (κ2) is 10.2. The molecule has 0 atom stereocenters. The van der Waals surface area contributed by atoms with Crippen molar-refractivity contribution in [2.75, 3.05) is 5.32 Å². The summed E-state index contributed by atoms with van der Waals surface area (Å²) in [6, 6.07) is 22.1. The summed E-state index contributed by atoms with van der Waals surface area (Å²) < 4.78 is 6.74. The molecule has 3 aromatic carbocycles. The van der Waals surface area contributed by atoms with Gasteiger partial charge in [0.05, 0.1) is 4.92 Å². The third-order valence-electron chi connectivity index (χ3n) is 4.19. The van der Waals surface area contributed by atoms with Gasteiger partial charge in [0, 0.05) is 22.3 Å². The number of halogens is 1. The lowest BCUT2D eigenvalue weighted by Crippen LogP contribution is -2.13. The number of nitrogens with zero attached hydrogens (tertiary/aromatic N) is 2. The minimum absolute atomic E-state index is 0.130. The maximum Gasteiger partial charge on any atom is 0.271 e. The molecule has 154 valence electrons.